The van der Waals surface area contributed by atoms with Gasteiger partial charge in [0.15, 0.2) is 0 Å². The van der Waals surface area contributed by atoms with Crippen molar-refractivity contribution in [2.75, 3.05) is 0 Å². The zero-order valence-corrected chi connectivity index (χ0v) is 12.6. The summed E-state index contributed by atoms with van der Waals surface area (Å²) < 4.78 is 2.39. The van der Waals surface area contributed by atoms with Gasteiger partial charge >= 0.3 is 0 Å². The van der Waals surface area contributed by atoms with Crippen LogP contribution in [0.5, 0.6) is 0 Å². The molecule has 15 heavy (non-hydrogen) atoms. The third-order valence-electron chi connectivity index (χ3n) is 1.86. The average molecular weight is 367 g/mol. The molecule has 0 spiro atoms. The normalized spacial score (nSPS) is 10.8. The van der Waals surface area contributed by atoms with Crippen LogP contribution in [-0.2, 0) is 13.1 Å². The fraction of sp³-hybridized carbons (Fsp3) is 0.200. The van der Waals surface area contributed by atoms with E-state index in [1.807, 2.05) is 0 Å². The van der Waals surface area contributed by atoms with E-state index >= 15 is 0 Å². The fourth-order valence-corrected chi connectivity index (χ4v) is 4.11. The molecule has 0 aliphatic heterocycles. The fourth-order valence-electron chi connectivity index (χ4n) is 1.20. The van der Waals surface area contributed by atoms with Crippen LogP contribution < -0.4 is 5.32 Å². The molecule has 80 valence electrons. The summed E-state index contributed by atoms with van der Waals surface area (Å²) in [7, 11) is 0. The minimum Gasteiger partial charge on any atom is -0.307 e. The molecule has 0 aromatic carbocycles. The van der Waals surface area contributed by atoms with Crippen LogP contribution >= 0.6 is 54.5 Å². The molecular weight excluding hydrogens is 358 g/mol. The van der Waals surface area contributed by atoms with Gasteiger partial charge in [0.1, 0.15) is 0 Å². The molecule has 2 rings (SSSR count). The highest BCUT2D eigenvalue weighted by atomic mass is 79.9. The Hall–Kier alpha value is 0.320. The van der Waals surface area contributed by atoms with Gasteiger partial charge in [-0.05, 0) is 56.1 Å². The molecule has 0 bridgehead atoms. The summed E-state index contributed by atoms with van der Waals surface area (Å²) in [5, 5.41) is 3.42. The Kier molecular flexibility index (Phi) is 4.40. The highest BCUT2D eigenvalue weighted by molar-refractivity contribution is 9.11. The van der Waals surface area contributed by atoms with Crippen LogP contribution in [-0.4, -0.2) is 0 Å². The molecule has 5 heteroatoms. The van der Waals surface area contributed by atoms with E-state index in [2.05, 4.69) is 61.4 Å². The monoisotopic (exact) mass is 365 g/mol. The maximum Gasteiger partial charge on any atom is 0.0701 e. The van der Waals surface area contributed by atoms with Crippen molar-refractivity contribution >= 4 is 54.5 Å². The van der Waals surface area contributed by atoms with E-state index in [1.165, 1.54) is 17.3 Å². The topological polar surface area (TPSA) is 12.0 Å². The number of halogens is 2. The second-order valence-corrected chi connectivity index (χ2v) is 8.11. The summed E-state index contributed by atoms with van der Waals surface area (Å²) in [5.41, 5.74) is 0. The smallest absolute Gasteiger partial charge is 0.0701 e. The van der Waals surface area contributed by atoms with Crippen molar-refractivity contribution in [3.63, 3.8) is 0 Å². The van der Waals surface area contributed by atoms with Gasteiger partial charge in [-0.15, -0.1) is 22.7 Å². The molecule has 2 heterocycles. The van der Waals surface area contributed by atoms with E-state index in [0.717, 1.165) is 13.1 Å². The minimum absolute atomic E-state index is 0.936. The first-order chi connectivity index (χ1) is 7.24. The van der Waals surface area contributed by atoms with Gasteiger partial charge in [-0.1, -0.05) is 0 Å². The maximum atomic E-state index is 3.46. The van der Waals surface area contributed by atoms with Crippen molar-refractivity contribution in [1.29, 1.82) is 0 Å². The number of rotatable bonds is 4. The van der Waals surface area contributed by atoms with Crippen LogP contribution in [0, 0.1) is 0 Å². The van der Waals surface area contributed by atoms with Crippen LogP contribution in [0.1, 0.15) is 9.75 Å². The van der Waals surface area contributed by atoms with Gasteiger partial charge in [-0.25, -0.2) is 0 Å². The average Bonchev–Trinajstić information content (AvgIpc) is 2.76. The number of thiophene rings is 2. The molecule has 0 unspecified atom stereocenters. The molecule has 2 aromatic rings. The van der Waals surface area contributed by atoms with Crippen LogP contribution in [0.2, 0.25) is 0 Å². The predicted octanol–water partition coefficient (Wildman–Crippen LogP) is 4.62. The molecule has 0 saturated heterocycles. The highest BCUT2D eigenvalue weighted by Crippen LogP contribution is 2.23. The second kappa shape index (κ2) is 5.59. The Morgan fingerprint density at radius 1 is 0.867 bits per heavy atom. The van der Waals surface area contributed by atoms with Gasteiger partial charge in [-0.2, -0.15) is 0 Å². The molecule has 1 nitrogen and oxygen atoms in total. The quantitative estimate of drug-likeness (QED) is 0.832. The molecule has 2 aromatic heterocycles. The third kappa shape index (κ3) is 3.67. The van der Waals surface area contributed by atoms with E-state index in [1.54, 1.807) is 22.7 Å². The van der Waals surface area contributed by atoms with Crippen LogP contribution in [0.15, 0.2) is 31.8 Å². The number of nitrogens with one attached hydrogen (secondary N) is 1. The zero-order chi connectivity index (χ0) is 10.7. The summed E-state index contributed by atoms with van der Waals surface area (Å²) >= 11 is 10.5. The Morgan fingerprint density at radius 3 is 1.67 bits per heavy atom. The first kappa shape index (κ1) is 11.8. The van der Waals surface area contributed by atoms with E-state index in [9.17, 15) is 0 Å². The van der Waals surface area contributed by atoms with Gasteiger partial charge in [0.05, 0.1) is 7.57 Å². The number of hydrogen-bond donors (Lipinski definition) is 1. The van der Waals surface area contributed by atoms with Crippen molar-refractivity contribution in [2.24, 2.45) is 0 Å². The van der Waals surface area contributed by atoms with Gasteiger partial charge in [-0.3, -0.25) is 0 Å². The lowest BCUT2D eigenvalue weighted by Gasteiger charge is -1.99. The molecule has 0 fully saturated rings. The van der Waals surface area contributed by atoms with Gasteiger partial charge < -0.3 is 5.32 Å². The van der Waals surface area contributed by atoms with E-state index in [4.69, 9.17) is 0 Å². The van der Waals surface area contributed by atoms with Crippen molar-refractivity contribution < 1.29 is 0 Å². The second-order valence-electron chi connectivity index (χ2n) is 3.02. The molecule has 0 atom stereocenters. The lowest BCUT2D eigenvalue weighted by Crippen LogP contribution is -2.10. The van der Waals surface area contributed by atoms with Crippen molar-refractivity contribution in [3.05, 3.63) is 41.6 Å². The Labute approximate surface area is 114 Å². The Bertz CT molecular complexity index is 396. The van der Waals surface area contributed by atoms with Crippen molar-refractivity contribution in [3.8, 4) is 0 Å². The summed E-state index contributed by atoms with van der Waals surface area (Å²) in [6, 6.07) is 8.46. The van der Waals surface area contributed by atoms with Crippen molar-refractivity contribution in [1.82, 2.24) is 5.32 Å². The van der Waals surface area contributed by atoms with Crippen LogP contribution in [0.3, 0.4) is 0 Å². The third-order valence-corrected chi connectivity index (χ3v) is 5.10. The molecule has 0 aliphatic carbocycles. The Morgan fingerprint density at radius 2 is 1.33 bits per heavy atom. The highest BCUT2D eigenvalue weighted by Gasteiger charge is 1.99. The summed E-state index contributed by atoms with van der Waals surface area (Å²) in [6.07, 6.45) is 0. The van der Waals surface area contributed by atoms with Crippen LogP contribution in [0.25, 0.3) is 0 Å². The van der Waals surface area contributed by atoms with Gasteiger partial charge in [0, 0.05) is 22.8 Å². The standard InChI is InChI=1S/C10H9Br2NS2/c11-9-3-1-7(14-9)5-13-6-8-2-4-10(12)15-8/h1-4,13H,5-6H2. The van der Waals surface area contributed by atoms with Crippen LogP contribution in [0.4, 0.5) is 0 Å². The molecule has 0 saturated carbocycles. The van der Waals surface area contributed by atoms with E-state index in [-0.39, 0.29) is 0 Å². The first-order valence-electron chi connectivity index (χ1n) is 4.43. The molecule has 0 amide bonds. The summed E-state index contributed by atoms with van der Waals surface area (Å²) in [6.45, 7) is 1.87. The molecule has 1 N–H and O–H groups in total. The van der Waals surface area contributed by atoms with Gasteiger partial charge in [0.25, 0.3) is 0 Å². The lowest BCUT2D eigenvalue weighted by atomic mass is 10.4. The Balaban J connectivity index is 1.80. The molecule has 0 radical (unpaired) electrons. The van der Waals surface area contributed by atoms with E-state index < -0.39 is 0 Å². The molecular formula is C10H9Br2NS2. The van der Waals surface area contributed by atoms with Crippen molar-refractivity contribution in [2.45, 2.75) is 13.1 Å². The maximum absolute atomic E-state index is 3.46. The largest absolute Gasteiger partial charge is 0.307 e. The number of hydrogen-bond acceptors (Lipinski definition) is 3. The summed E-state index contributed by atoms with van der Waals surface area (Å²) in [4.78, 5) is 2.72. The minimum atomic E-state index is 0.936. The first-order valence-corrected chi connectivity index (χ1v) is 7.65. The summed E-state index contributed by atoms with van der Waals surface area (Å²) in [5.74, 6) is 0. The lowest BCUT2D eigenvalue weighted by molar-refractivity contribution is 0.709. The molecule has 0 aliphatic rings. The SMILES string of the molecule is Brc1ccc(CNCc2ccc(Br)s2)s1. The predicted molar refractivity (Wildman–Crippen MR) is 74.6 cm³/mol. The van der Waals surface area contributed by atoms with Gasteiger partial charge in [0.2, 0.25) is 0 Å². The zero-order valence-electron chi connectivity index (χ0n) is 7.80. The van der Waals surface area contributed by atoms with E-state index in [0.29, 0.717) is 0 Å².